The van der Waals surface area contributed by atoms with Crippen LogP contribution in [0.2, 0.25) is 0 Å². The van der Waals surface area contributed by atoms with Crippen molar-refractivity contribution in [2.24, 2.45) is 5.92 Å². The van der Waals surface area contributed by atoms with Crippen LogP contribution in [0.1, 0.15) is 18.4 Å². The Morgan fingerprint density at radius 1 is 1.06 bits per heavy atom. The topological polar surface area (TPSA) is 85.2 Å². The van der Waals surface area contributed by atoms with E-state index in [4.69, 9.17) is 4.74 Å². The van der Waals surface area contributed by atoms with Gasteiger partial charge in [-0.3, -0.25) is 9.36 Å². The molecule has 178 valence electrons. The minimum atomic E-state index is -0.0887. The van der Waals surface area contributed by atoms with Gasteiger partial charge in [-0.05, 0) is 42.7 Å². The second-order valence-corrected chi connectivity index (χ2v) is 8.59. The highest BCUT2D eigenvalue weighted by atomic mass is 16.5. The van der Waals surface area contributed by atoms with Gasteiger partial charge in [-0.2, -0.15) is 0 Å². The van der Waals surface area contributed by atoms with Crippen molar-refractivity contribution in [1.29, 1.82) is 0 Å². The summed E-state index contributed by atoms with van der Waals surface area (Å²) in [6.07, 6.45) is 5.44. The van der Waals surface area contributed by atoms with E-state index in [1.165, 1.54) is 0 Å². The Hall–Kier alpha value is -4.20. The SMILES string of the molecule is COc1cccc(CNC(=O)C2CCCN(c3ccc(-n4ccnc4-c4ccccc4)nn3)C2)c1. The molecule has 1 aliphatic rings. The maximum atomic E-state index is 12.9. The average molecular weight is 469 g/mol. The molecule has 8 nitrogen and oxygen atoms in total. The molecule has 1 saturated heterocycles. The van der Waals surface area contributed by atoms with Crippen molar-refractivity contribution < 1.29 is 9.53 Å². The van der Waals surface area contributed by atoms with Crippen molar-refractivity contribution in [3.8, 4) is 23.0 Å². The van der Waals surface area contributed by atoms with Crippen LogP contribution in [-0.4, -0.2) is 45.9 Å². The Morgan fingerprint density at radius 3 is 2.69 bits per heavy atom. The van der Waals surface area contributed by atoms with Crippen molar-refractivity contribution in [3.05, 3.63) is 84.7 Å². The Morgan fingerprint density at radius 2 is 1.89 bits per heavy atom. The van der Waals surface area contributed by atoms with Crippen LogP contribution in [0.4, 0.5) is 5.82 Å². The summed E-state index contributed by atoms with van der Waals surface area (Å²) in [5, 5.41) is 12.0. The van der Waals surface area contributed by atoms with E-state index >= 15 is 0 Å². The fourth-order valence-electron chi connectivity index (χ4n) is 4.42. The zero-order valence-electron chi connectivity index (χ0n) is 19.7. The van der Waals surface area contributed by atoms with E-state index in [0.29, 0.717) is 18.9 Å². The summed E-state index contributed by atoms with van der Waals surface area (Å²) in [7, 11) is 1.64. The molecule has 5 rings (SSSR count). The van der Waals surface area contributed by atoms with Gasteiger partial charge in [0.15, 0.2) is 11.6 Å². The summed E-state index contributed by atoms with van der Waals surface area (Å²) in [5.41, 5.74) is 2.03. The zero-order valence-corrected chi connectivity index (χ0v) is 19.7. The van der Waals surface area contributed by atoms with Crippen LogP contribution in [0.25, 0.3) is 17.2 Å². The summed E-state index contributed by atoms with van der Waals surface area (Å²) in [4.78, 5) is 19.5. The van der Waals surface area contributed by atoms with Gasteiger partial charge in [0, 0.05) is 37.6 Å². The number of imidazole rings is 1. The Kier molecular flexibility index (Phi) is 6.70. The third-order valence-electron chi connectivity index (χ3n) is 6.27. The molecule has 2 aromatic heterocycles. The van der Waals surface area contributed by atoms with E-state index < -0.39 is 0 Å². The van der Waals surface area contributed by atoms with Crippen LogP contribution < -0.4 is 15.0 Å². The molecule has 0 aliphatic carbocycles. The molecular formula is C27H28N6O2. The first-order valence-corrected chi connectivity index (χ1v) is 11.8. The zero-order chi connectivity index (χ0) is 24.0. The van der Waals surface area contributed by atoms with Gasteiger partial charge in [-0.1, -0.05) is 42.5 Å². The Balaban J connectivity index is 1.23. The predicted molar refractivity (Wildman–Crippen MR) is 134 cm³/mol. The quantitative estimate of drug-likeness (QED) is 0.443. The lowest BCUT2D eigenvalue weighted by molar-refractivity contribution is -0.125. The molecule has 3 heterocycles. The molecule has 1 unspecified atom stereocenters. The largest absolute Gasteiger partial charge is 0.497 e. The Labute approximate surface area is 204 Å². The molecule has 1 atom stereocenters. The van der Waals surface area contributed by atoms with Crippen molar-refractivity contribution >= 4 is 11.7 Å². The van der Waals surface area contributed by atoms with Crippen molar-refractivity contribution in [3.63, 3.8) is 0 Å². The first-order chi connectivity index (χ1) is 17.2. The molecule has 1 amide bonds. The fourth-order valence-corrected chi connectivity index (χ4v) is 4.42. The number of carbonyl (C=O) groups is 1. The smallest absolute Gasteiger partial charge is 0.225 e. The first-order valence-electron chi connectivity index (χ1n) is 11.8. The highest BCUT2D eigenvalue weighted by Gasteiger charge is 2.26. The molecule has 8 heteroatoms. The Bertz CT molecular complexity index is 1270. The maximum absolute atomic E-state index is 12.9. The fraction of sp³-hybridized carbons (Fsp3) is 0.259. The van der Waals surface area contributed by atoms with E-state index in [1.54, 1.807) is 13.3 Å². The molecule has 0 spiro atoms. The van der Waals surface area contributed by atoms with Gasteiger partial charge in [0.1, 0.15) is 11.6 Å². The van der Waals surface area contributed by atoms with Crippen LogP contribution >= 0.6 is 0 Å². The highest BCUT2D eigenvalue weighted by Crippen LogP contribution is 2.24. The predicted octanol–water partition coefficient (Wildman–Crippen LogP) is 3.87. The van der Waals surface area contributed by atoms with Crippen LogP contribution in [0.3, 0.4) is 0 Å². The number of hydrogen-bond donors (Lipinski definition) is 1. The van der Waals surface area contributed by atoms with Crippen LogP contribution in [-0.2, 0) is 11.3 Å². The van der Waals surface area contributed by atoms with Crippen molar-refractivity contribution in [1.82, 2.24) is 25.1 Å². The van der Waals surface area contributed by atoms with Gasteiger partial charge < -0.3 is 15.0 Å². The van der Waals surface area contributed by atoms with E-state index in [0.717, 1.165) is 47.9 Å². The molecular weight excluding hydrogens is 440 g/mol. The molecule has 35 heavy (non-hydrogen) atoms. The number of methoxy groups -OCH3 is 1. The number of amides is 1. The molecule has 1 fully saturated rings. The monoisotopic (exact) mass is 468 g/mol. The maximum Gasteiger partial charge on any atom is 0.225 e. The molecule has 0 saturated carbocycles. The standard InChI is InChI=1S/C27H28N6O2/c1-35-23-11-5-7-20(17-23)18-29-27(34)22-10-6-15-32(19-22)24-12-13-25(31-30-24)33-16-14-28-26(33)21-8-3-2-4-9-21/h2-5,7-9,11-14,16-17,22H,6,10,15,18-19H2,1H3,(H,29,34). The number of nitrogens with zero attached hydrogens (tertiary/aromatic N) is 5. The summed E-state index contributed by atoms with van der Waals surface area (Å²) in [6.45, 7) is 1.96. The van der Waals surface area contributed by atoms with Gasteiger partial charge in [0.25, 0.3) is 0 Å². The number of aromatic nitrogens is 4. The van der Waals surface area contributed by atoms with Crippen LogP contribution in [0.15, 0.2) is 79.1 Å². The number of nitrogens with one attached hydrogen (secondary N) is 1. The summed E-state index contributed by atoms with van der Waals surface area (Å²) in [6, 6.07) is 21.7. The van der Waals surface area contributed by atoms with E-state index in [9.17, 15) is 4.79 Å². The van der Waals surface area contributed by atoms with E-state index in [2.05, 4.69) is 25.4 Å². The summed E-state index contributed by atoms with van der Waals surface area (Å²) < 4.78 is 7.19. The number of piperidine rings is 1. The minimum Gasteiger partial charge on any atom is -0.497 e. The average Bonchev–Trinajstić information content (AvgIpc) is 3.43. The lowest BCUT2D eigenvalue weighted by Crippen LogP contribution is -2.43. The first kappa shape index (κ1) is 22.6. The molecule has 0 bridgehead atoms. The third kappa shape index (κ3) is 5.16. The van der Waals surface area contributed by atoms with Gasteiger partial charge >= 0.3 is 0 Å². The van der Waals surface area contributed by atoms with E-state index in [1.807, 2.05) is 77.5 Å². The highest BCUT2D eigenvalue weighted by molar-refractivity contribution is 5.79. The van der Waals surface area contributed by atoms with Crippen molar-refractivity contribution in [2.75, 3.05) is 25.1 Å². The van der Waals surface area contributed by atoms with Gasteiger partial charge in [0.05, 0.1) is 13.0 Å². The van der Waals surface area contributed by atoms with Gasteiger partial charge in [-0.15, -0.1) is 10.2 Å². The molecule has 4 aromatic rings. The lowest BCUT2D eigenvalue weighted by atomic mass is 9.97. The van der Waals surface area contributed by atoms with Crippen LogP contribution in [0, 0.1) is 5.92 Å². The second-order valence-electron chi connectivity index (χ2n) is 8.59. The second kappa shape index (κ2) is 10.4. The molecule has 2 aromatic carbocycles. The molecule has 1 aliphatic heterocycles. The molecule has 0 radical (unpaired) electrons. The number of hydrogen-bond acceptors (Lipinski definition) is 6. The number of rotatable bonds is 7. The normalized spacial score (nSPS) is 15.6. The third-order valence-corrected chi connectivity index (χ3v) is 6.27. The number of benzene rings is 2. The number of ether oxygens (including phenoxy) is 1. The summed E-state index contributed by atoms with van der Waals surface area (Å²) >= 11 is 0. The number of anilines is 1. The molecule has 1 N–H and O–H groups in total. The van der Waals surface area contributed by atoms with Gasteiger partial charge in [0.2, 0.25) is 5.91 Å². The minimum absolute atomic E-state index is 0.0630. The van der Waals surface area contributed by atoms with Gasteiger partial charge in [-0.25, -0.2) is 4.98 Å². The van der Waals surface area contributed by atoms with Crippen molar-refractivity contribution in [2.45, 2.75) is 19.4 Å². The number of carbonyl (C=O) groups excluding carboxylic acids is 1. The summed E-state index contributed by atoms with van der Waals surface area (Å²) in [5.74, 6) is 3.06. The van der Waals surface area contributed by atoms with E-state index in [-0.39, 0.29) is 11.8 Å². The van der Waals surface area contributed by atoms with Crippen LogP contribution in [0.5, 0.6) is 5.75 Å². The lowest BCUT2D eigenvalue weighted by Gasteiger charge is -2.32.